The number of carbonyl (C=O) groups excluding carboxylic acids is 2. The summed E-state index contributed by atoms with van der Waals surface area (Å²) in [5.41, 5.74) is 1.15. The Hall–Kier alpha value is -2.66. The van der Waals surface area contributed by atoms with E-state index in [0.29, 0.717) is 32.4 Å². The van der Waals surface area contributed by atoms with Crippen molar-refractivity contribution in [3.8, 4) is 0 Å². The van der Waals surface area contributed by atoms with Gasteiger partial charge in [0, 0.05) is 32.4 Å². The third kappa shape index (κ3) is 4.26. The minimum atomic E-state index is -0.696. The molecule has 2 fully saturated rings. The van der Waals surface area contributed by atoms with Gasteiger partial charge in [-0.3, -0.25) is 14.9 Å². The zero-order chi connectivity index (χ0) is 21.0. The van der Waals surface area contributed by atoms with Crippen LogP contribution in [0.15, 0.2) is 60.7 Å². The third-order valence-corrected chi connectivity index (χ3v) is 6.40. The van der Waals surface area contributed by atoms with E-state index in [0.717, 1.165) is 30.4 Å². The average molecular weight is 406 g/mol. The van der Waals surface area contributed by atoms with E-state index in [9.17, 15) is 9.59 Å². The van der Waals surface area contributed by atoms with Gasteiger partial charge in [0.2, 0.25) is 11.8 Å². The van der Waals surface area contributed by atoms with Crippen molar-refractivity contribution in [3.05, 3.63) is 71.8 Å². The standard InChI is InChI=1S/C25H31N3O2/c1-2-9-22(29)28-16-14-25(15-17-28)26-23(30)24(27-25,18-20-10-5-3-6-11-20)19-21-12-7-4-8-13-21/h3-8,10-13,27H,2,9,14-19H2,1H3,(H,26,30). The van der Waals surface area contributed by atoms with Crippen molar-refractivity contribution in [3.63, 3.8) is 0 Å². The summed E-state index contributed by atoms with van der Waals surface area (Å²) in [7, 11) is 0. The van der Waals surface area contributed by atoms with Crippen LogP contribution in [0.2, 0.25) is 0 Å². The van der Waals surface area contributed by atoms with E-state index in [4.69, 9.17) is 0 Å². The Kier molecular flexibility index (Phi) is 5.91. The number of nitrogens with one attached hydrogen (secondary N) is 2. The molecular weight excluding hydrogens is 374 g/mol. The fourth-order valence-corrected chi connectivity index (χ4v) is 4.84. The molecule has 5 nitrogen and oxygen atoms in total. The summed E-state index contributed by atoms with van der Waals surface area (Å²) in [6.07, 6.45) is 4.20. The Bertz CT molecular complexity index is 832. The summed E-state index contributed by atoms with van der Waals surface area (Å²) < 4.78 is 0. The molecule has 2 heterocycles. The molecule has 2 saturated heterocycles. The smallest absolute Gasteiger partial charge is 0.242 e. The quantitative estimate of drug-likeness (QED) is 0.777. The maximum Gasteiger partial charge on any atom is 0.242 e. The van der Waals surface area contributed by atoms with Crippen molar-refractivity contribution >= 4 is 11.8 Å². The Balaban J connectivity index is 1.56. The van der Waals surface area contributed by atoms with Crippen molar-refractivity contribution in [2.45, 2.75) is 56.7 Å². The zero-order valence-electron chi connectivity index (χ0n) is 17.7. The SMILES string of the molecule is CCCC(=O)N1CCC2(CC1)NC(=O)C(Cc1ccccc1)(Cc1ccccc1)N2. The van der Waals surface area contributed by atoms with Gasteiger partial charge in [0.1, 0.15) is 5.54 Å². The van der Waals surface area contributed by atoms with Crippen LogP contribution >= 0.6 is 0 Å². The summed E-state index contributed by atoms with van der Waals surface area (Å²) in [5.74, 6) is 0.278. The molecule has 0 unspecified atom stereocenters. The lowest BCUT2D eigenvalue weighted by Crippen LogP contribution is -2.60. The first kappa shape index (κ1) is 20.6. The lowest BCUT2D eigenvalue weighted by atomic mass is 9.84. The second-order valence-corrected chi connectivity index (χ2v) is 8.70. The van der Waals surface area contributed by atoms with Crippen LogP contribution in [0.5, 0.6) is 0 Å². The molecule has 0 aliphatic carbocycles. The van der Waals surface area contributed by atoms with Gasteiger partial charge in [0.05, 0.1) is 5.66 Å². The van der Waals surface area contributed by atoms with Gasteiger partial charge in [-0.1, -0.05) is 67.6 Å². The van der Waals surface area contributed by atoms with Gasteiger partial charge in [-0.05, 0) is 30.4 Å². The summed E-state index contributed by atoms with van der Waals surface area (Å²) in [4.78, 5) is 27.7. The molecule has 1 spiro atoms. The molecule has 0 atom stereocenters. The normalized spacial score (nSPS) is 19.6. The van der Waals surface area contributed by atoms with Crippen molar-refractivity contribution < 1.29 is 9.59 Å². The molecule has 2 aliphatic heterocycles. The molecule has 158 valence electrons. The molecule has 30 heavy (non-hydrogen) atoms. The number of carbonyl (C=O) groups is 2. The van der Waals surface area contributed by atoms with Crippen molar-refractivity contribution in [1.82, 2.24) is 15.5 Å². The van der Waals surface area contributed by atoms with E-state index in [1.54, 1.807) is 0 Å². The van der Waals surface area contributed by atoms with Crippen LogP contribution in [0.4, 0.5) is 0 Å². The van der Waals surface area contributed by atoms with Gasteiger partial charge >= 0.3 is 0 Å². The fraction of sp³-hybridized carbons (Fsp3) is 0.440. The monoisotopic (exact) mass is 405 g/mol. The first-order valence-corrected chi connectivity index (χ1v) is 11.0. The number of likely N-dealkylation sites (tertiary alicyclic amines) is 1. The van der Waals surface area contributed by atoms with Crippen LogP contribution in [0.1, 0.15) is 43.7 Å². The van der Waals surface area contributed by atoms with Crippen molar-refractivity contribution in [1.29, 1.82) is 0 Å². The molecule has 2 amide bonds. The molecule has 0 aromatic heterocycles. The van der Waals surface area contributed by atoms with Gasteiger partial charge in [0.15, 0.2) is 0 Å². The highest BCUT2D eigenvalue weighted by Crippen LogP contribution is 2.33. The minimum absolute atomic E-state index is 0.0588. The number of benzene rings is 2. The van der Waals surface area contributed by atoms with E-state index in [-0.39, 0.29) is 11.8 Å². The molecule has 2 aromatic carbocycles. The predicted molar refractivity (Wildman–Crippen MR) is 118 cm³/mol. The van der Waals surface area contributed by atoms with Crippen LogP contribution in [0.25, 0.3) is 0 Å². The number of nitrogens with zero attached hydrogens (tertiary/aromatic N) is 1. The summed E-state index contributed by atoms with van der Waals surface area (Å²) in [6, 6.07) is 20.4. The largest absolute Gasteiger partial charge is 0.342 e. The molecular formula is C25H31N3O2. The Labute approximate surface area is 178 Å². The topological polar surface area (TPSA) is 61.4 Å². The van der Waals surface area contributed by atoms with E-state index in [2.05, 4.69) is 34.9 Å². The number of piperidine rings is 1. The number of amides is 2. The number of rotatable bonds is 6. The van der Waals surface area contributed by atoms with E-state index >= 15 is 0 Å². The molecule has 2 aliphatic rings. The van der Waals surface area contributed by atoms with Gasteiger partial charge in [-0.15, -0.1) is 0 Å². The highest BCUT2D eigenvalue weighted by Gasteiger charge is 2.54. The van der Waals surface area contributed by atoms with Crippen LogP contribution in [0, 0.1) is 0 Å². The lowest BCUT2D eigenvalue weighted by Gasteiger charge is -2.41. The predicted octanol–water partition coefficient (Wildman–Crippen LogP) is 3.05. The van der Waals surface area contributed by atoms with Crippen LogP contribution in [-0.4, -0.2) is 41.0 Å². The van der Waals surface area contributed by atoms with Gasteiger partial charge in [-0.2, -0.15) is 0 Å². The average Bonchev–Trinajstić information content (AvgIpc) is 3.00. The molecule has 4 rings (SSSR count). The summed E-state index contributed by atoms with van der Waals surface area (Å²) in [6.45, 7) is 3.39. The van der Waals surface area contributed by atoms with Crippen molar-refractivity contribution in [2.24, 2.45) is 0 Å². The fourth-order valence-electron chi connectivity index (χ4n) is 4.84. The van der Waals surface area contributed by atoms with E-state index in [1.807, 2.05) is 48.2 Å². The Morgan fingerprint density at radius 2 is 1.47 bits per heavy atom. The molecule has 2 aromatic rings. The van der Waals surface area contributed by atoms with Crippen molar-refractivity contribution in [2.75, 3.05) is 13.1 Å². The third-order valence-electron chi connectivity index (χ3n) is 6.40. The van der Waals surface area contributed by atoms with E-state index in [1.165, 1.54) is 0 Å². The summed E-state index contributed by atoms with van der Waals surface area (Å²) >= 11 is 0. The first-order valence-electron chi connectivity index (χ1n) is 11.0. The van der Waals surface area contributed by atoms with Crippen LogP contribution < -0.4 is 10.6 Å². The number of hydrogen-bond acceptors (Lipinski definition) is 3. The second-order valence-electron chi connectivity index (χ2n) is 8.70. The lowest BCUT2D eigenvalue weighted by molar-refractivity contribution is -0.133. The van der Waals surface area contributed by atoms with Gasteiger partial charge in [-0.25, -0.2) is 0 Å². The summed E-state index contributed by atoms with van der Waals surface area (Å²) in [5, 5.41) is 7.06. The molecule has 0 bridgehead atoms. The molecule has 2 N–H and O–H groups in total. The Morgan fingerprint density at radius 3 is 1.97 bits per heavy atom. The van der Waals surface area contributed by atoms with Crippen LogP contribution in [0.3, 0.4) is 0 Å². The van der Waals surface area contributed by atoms with Crippen LogP contribution in [-0.2, 0) is 22.4 Å². The second kappa shape index (κ2) is 8.60. The zero-order valence-corrected chi connectivity index (χ0v) is 17.7. The molecule has 0 radical (unpaired) electrons. The van der Waals surface area contributed by atoms with E-state index < -0.39 is 11.2 Å². The highest BCUT2D eigenvalue weighted by molar-refractivity contribution is 5.90. The first-order chi connectivity index (χ1) is 14.5. The number of hydrogen-bond donors (Lipinski definition) is 2. The maximum atomic E-state index is 13.4. The molecule has 5 heteroatoms. The Morgan fingerprint density at radius 1 is 0.933 bits per heavy atom. The molecule has 0 saturated carbocycles. The van der Waals surface area contributed by atoms with Gasteiger partial charge < -0.3 is 10.2 Å². The van der Waals surface area contributed by atoms with Gasteiger partial charge in [0.25, 0.3) is 0 Å². The highest BCUT2D eigenvalue weighted by atomic mass is 16.2. The maximum absolute atomic E-state index is 13.4. The minimum Gasteiger partial charge on any atom is -0.342 e.